The van der Waals surface area contributed by atoms with Crippen LogP contribution in [0.5, 0.6) is 0 Å². The Morgan fingerprint density at radius 1 is 1.40 bits per heavy atom. The van der Waals surface area contributed by atoms with E-state index in [0.717, 1.165) is 18.7 Å². The van der Waals surface area contributed by atoms with E-state index in [2.05, 4.69) is 65.4 Å². The molecule has 1 aromatic carbocycles. The second-order valence-corrected chi connectivity index (χ2v) is 5.05. The van der Waals surface area contributed by atoms with E-state index in [0.29, 0.717) is 5.76 Å². The van der Waals surface area contributed by atoms with Crippen LogP contribution in [0.25, 0.3) is 17.0 Å². The smallest absolute Gasteiger partial charge is 0.139 e. The van der Waals surface area contributed by atoms with E-state index in [1.165, 1.54) is 10.9 Å². The molecule has 1 heterocycles. The number of likely N-dealkylation sites (N-methyl/N-ethyl adjacent to an activating group) is 1. The minimum Gasteiger partial charge on any atom is -0.412 e. The van der Waals surface area contributed by atoms with Gasteiger partial charge in [-0.05, 0) is 43.9 Å². The molecule has 0 amide bonds. The van der Waals surface area contributed by atoms with Crippen molar-refractivity contribution in [3.8, 4) is 0 Å². The zero-order chi connectivity index (χ0) is 14.5. The average Bonchev–Trinajstić information content (AvgIpc) is 2.84. The Morgan fingerprint density at radius 2 is 2.20 bits per heavy atom. The van der Waals surface area contributed by atoms with Crippen LogP contribution in [0.3, 0.4) is 0 Å². The van der Waals surface area contributed by atoms with Crippen LogP contribution >= 0.6 is 0 Å². The fourth-order valence-electron chi connectivity index (χ4n) is 2.05. The number of hydrogen-bond donors (Lipinski definition) is 1. The van der Waals surface area contributed by atoms with Gasteiger partial charge in [0.15, 0.2) is 0 Å². The van der Waals surface area contributed by atoms with Gasteiger partial charge in [-0.1, -0.05) is 18.7 Å². The molecular weight excluding hydrogens is 250 g/mol. The van der Waals surface area contributed by atoms with Gasteiger partial charge in [0.2, 0.25) is 0 Å². The molecule has 0 unspecified atom stereocenters. The minimum absolute atomic E-state index is 0.439. The molecule has 4 nitrogen and oxygen atoms in total. The highest BCUT2D eigenvalue weighted by Crippen LogP contribution is 2.19. The van der Waals surface area contributed by atoms with Gasteiger partial charge >= 0.3 is 0 Å². The number of hydrogen-bond acceptors (Lipinski definition) is 3. The number of aromatic nitrogens is 1. The molecule has 2 aromatic rings. The first kappa shape index (κ1) is 14.4. The number of nitrogens with two attached hydrogens (primary N) is 1. The molecule has 0 radical (unpaired) electrons. The molecule has 0 saturated carbocycles. The second-order valence-electron chi connectivity index (χ2n) is 5.05. The first-order chi connectivity index (χ1) is 9.60. The molecule has 106 valence electrons. The number of rotatable bonds is 6. The van der Waals surface area contributed by atoms with Crippen molar-refractivity contribution in [2.24, 2.45) is 5.90 Å². The van der Waals surface area contributed by atoms with Crippen molar-refractivity contribution in [2.45, 2.75) is 6.54 Å². The van der Waals surface area contributed by atoms with Crippen molar-refractivity contribution in [3.63, 3.8) is 0 Å². The Labute approximate surface area is 119 Å². The molecule has 20 heavy (non-hydrogen) atoms. The van der Waals surface area contributed by atoms with Crippen LogP contribution in [0.15, 0.2) is 48.9 Å². The van der Waals surface area contributed by atoms with Gasteiger partial charge in [0.05, 0.1) is 0 Å². The van der Waals surface area contributed by atoms with E-state index in [1.54, 1.807) is 6.08 Å². The lowest BCUT2D eigenvalue weighted by molar-refractivity contribution is 0.236. The molecule has 0 spiro atoms. The Kier molecular flexibility index (Phi) is 4.61. The van der Waals surface area contributed by atoms with E-state index in [1.807, 2.05) is 6.08 Å². The summed E-state index contributed by atoms with van der Waals surface area (Å²) in [6, 6.07) is 8.49. The fraction of sp³-hybridized carbons (Fsp3) is 0.250. The highest BCUT2D eigenvalue weighted by atomic mass is 16.6. The quantitative estimate of drug-likeness (QED) is 0.499. The third-order valence-electron chi connectivity index (χ3n) is 3.20. The molecule has 0 aliphatic carbocycles. The van der Waals surface area contributed by atoms with Crippen LogP contribution in [0.4, 0.5) is 0 Å². The Morgan fingerprint density at radius 3 is 2.90 bits per heavy atom. The van der Waals surface area contributed by atoms with Crippen molar-refractivity contribution in [2.75, 3.05) is 20.6 Å². The SMILES string of the molecule is C=C(/C=C/c1ccc2c(ccn2CCN(C)C)c1)ON. The largest absolute Gasteiger partial charge is 0.412 e. The summed E-state index contributed by atoms with van der Waals surface area (Å²) in [6.45, 7) is 5.67. The first-order valence-corrected chi connectivity index (χ1v) is 6.57. The number of fused-ring (bicyclic) bond motifs is 1. The molecule has 0 aliphatic heterocycles. The standard InChI is InChI=1S/C16H21N3O/c1-13(20-17)4-5-14-6-7-16-15(12-14)8-9-19(16)11-10-18(2)3/h4-9,12H,1,10-11,17H2,2-3H3/b5-4+. The maximum Gasteiger partial charge on any atom is 0.139 e. The van der Waals surface area contributed by atoms with Gasteiger partial charge in [-0.3, -0.25) is 0 Å². The first-order valence-electron chi connectivity index (χ1n) is 6.57. The van der Waals surface area contributed by atoms with Crippen molar-refractivity contribution in [1.82, 2.24) is 9.47 Å². The summed E-state index contributed by atoms with van der Waals surface area (Å²) >= 11 is 0. The zero-order valence-corrected chi connectivity index (χ0v) is 12.0. The summed E-state index contributed by atoms with van der Waals surface area (Å²) < 4.78 is 2.27. The average molecular weight is 271 g/mol. The summed E-state index contributed by atoms with van der Waals surface area (Å²) in [4.78, 5) is 6.71. The summed E-state index contributed by atoms with van der Waals surface area (Å²) in [5, 5.41) is 1.23. The molecule has 0 bridgehead atoms. The maximum absolute atomic E-state index is 5.03. The molecule has 2 rings (SSSR count). The third kappa shape index (κ3) is 3.50. The predicted molar refractivity (Wildman–Crippen MR) is 83.9 cm³/mol. The summed E-state index contributed by atoms with van der Waals surface area (Å²) in [7, 11) is 4.17. The number of nitrogens with zero attached hydrogens (tertiary/aromatic N) is 2. The van der Waals surface area contributed by atoms with E-state index in [-0.39, 0.29) is 0 Å². The lowest BCUT2D eigenvalue weighted by Gasteiger charge is -2.11. The van der Waals surface area contributed by atoms with Gasteiger partial charge < -0.3 is 14.3 Å². The topological polar surface area (TPSA) is 43.4 Å². The summed E-state index contributed by atoms with van der Waals surface area (Å²) in [6.07, 6.45) is 5.82. The lowest BCUT2D eigenvalue weighted by atomic mass is 10.1. The van der Waals surface area contributed by atoms with Crippen LogP contribution in [0, 0.1) is 0 Å². The Hall–Kier alpha value is -2.04. The van der Waals surface area contributed by atoms with Crippen LogP contribution in [-0.4, -0.2) is 30.1 Å². The number of benzene rings is 1. The molecular formula is C16H21N3O. The Balaban J connectivity index is 2.19. The van der Waals surface area contributed by atoms with Crippen LogP contribution in [0.1, 0.15) is 5.56 Å². The predicted octanol–water partition coefficient (Wildman–Crippen LogP) is 2.62. The van der Waals surface area contributed by atoms with Crippen LogP contribution in [0.2, 0.25) is 0 Å². The Bertz CT molecular complexity index is 626. The fourth-order valence-corrected chi connectivity index (χ4v) is 2.05. The van der Waals surface area contributed by atoms with Crippen molar-refractivity contribution in [1.29, 1.82) is 0 Å². The molecule has 0 fully saturated rings. The normalized spacial score (nSPS) is 11.6. The minimum atomic E-state index is 0.439. The van der Waals surface area contributed by atoms with Crippen molar-refractivity contribution in [3.05, 3.63) is 54.4 Å². The zero-order valence-electron chi connectivity index (χ0n) is 12.0. The second kappa shape index (κ2) is 6.41. The van der Waals surface area contributed by atoms with Crippen molar-refractivity contribution >= 4 is 17.0 Å². The molecule has 0 saturated heterocycles. The van der Waals surface area contributed by atoms with Gasteiger partial charge in [0.25, 0.3) is 0 Å². The van der Waals surface area contributed by atoms with Gasteiger partial charge in [-0.25, -0.2) is 0 Å². The summed E-state index contributed by atoms with van der Waals surface area (Å²) in [5.41, 5.74) is 2.35. The van der Waals surface area contributed by atoms with Crippen molar-refractivity contribution < 1.29 is 4.84 Å². The molecule has 4 heteroatoms. The third-order valence-corrected chi connectivity index (χ3v) is 3.20. The van der Waals surface area contributed by atoms with E-state index in [4.69, 9.17) is 5.90 Å². The maximum atomic E-state index is 5.03. The van der Waals surface area contributed by atoms with E-state index in [9.17, 15) is 0 Å². The van der Waals surface area contributed by atoms with Gasteiger partial charge in [0, 0.05) is 30.2 Å². The van der Waals surface area contributed by atoms with Gasteiger partial charge in [-0.15, -0.1) is 0 Å². The van der Waals surface area contributed by atoms with Gasteiger partial charge in [-0.2, -0.15) is 5.90 Å². The van der Waals surface area contributed by atoms with Gasteiger partial charge in [0.1, 0.15) is 5.76 Å². The molecule has 1 aromatic heterocycles. The lowest BCUT2D eigenvalue weighted by Crippen LogP contribution is -2.17. The summed E-state index contributed by atoms with van der Waals surface area (Å²) in [5.74, 6) is 5.47. The highest BCUT2D eigenvalue weighted by molar-refractivity contribution is 5.82. The molecule has 2 N–H and O–H groups in total. The van der Waals surface area contributed by atoms with E-state index >= 15 is 0 Å². The highest BCUT2D eigenvalue weighted by Gasteiger charge is 2.01. The molecule has 0 atom stereocenters. The number of allylic oxidation sites excluding steroid dienone is 1. The van der Waals surface area contributed by atoms with Crippen LogP contribution in [-0.2, 0) is 11.4 Å². The van der Waals surface area contributed by atoms with E-state index < -0.39 is 0 Å². The molecule has 0 aliphatic rings. The monoisotopic (exact) mass is 271 g/mol. The van der Waals surface area contributed by atoms with Crippen LogP contribution < -0.4 is 5.90 Å².